The zero-order valence-corrected chi connectivity index (χ0v) is 19.4. The van der Waals surface area contributed by atoms with Crippen LogP contribution in [0, 0.1) is 5.92 Å². The number of carbonyl (C=O) groups excluding carboxylic acids is 2. The molecule has 0 radical (unpaired) electrons. The summed E-state index contributed by atoms with van der Waals surface area (Å²) in [6.45, 7) is 0.989. The predicted octanol–water partition coefficient (Wildman–Crippen LogP) is 3.43. The van der Waals surface area contributed by atoms with Crippen LogP contribution in [0.3, 0.4) is 0 Å². The quantitative estimate of drug-likeness (QED) is 0.533. The molecule has 6 rings (SSSR count). The average Bonchev–Trinajstić information content (AvgIpc) is 3.45. The van der Waals surface area contributed by atoms with Crippen molar-refractivity contribution < 1.29 is 18.7 Å². The molecule has 2 unspecified atom stereocenters. The van der Waals surface area contributed by atoms with E-state index in [9.17, 15) is 9.59 Å². The van der Waals surface area contributed by atoms with Gasteiger partial charge in [0.05, 0.1) is 35.9 Å². The monoisotopic (exact) mass is 480 g/mol. The summed E-state index contributed by atoms with van der Waals surface area (Å²) >= 11 is 1.43. The van der Waals surface area contributed by atoms with Gasteiger partial charge < -0.3 is 19.4 Å². The van der Waals surface area contributed by atoms with Crippen LogP contribution in [0.1, 0.15) is 46.2 Å². The van der Waals surface area contributed by atoms with Crippen molar-refractivity contribution in [1.82, 2.24) is 20.5 Å². The number of Topliss-reactive ketones (excluding diaryl/α,β-unsaturated/α-hetero) is 1. The zero-order chi connectivity index (χ0) is 23.2. The predicted molar refractivity (Wildman–Crippen MR) is 125 cm³/mol. The van der Waals surface area contributed by atoms with Gasteiger partial charge in [0.2, 0.25) is 5.89 Å². The van der Waals surface area contributed by atoms with Crippen molar-refractivity contribution in [1.29, 1.82) is 0 Å². The molecule has 4 heterocycles. The number of benzene rings is 1. The number of nitrogens with zero attached hydrogens (tertiary/aromatic N) is 4. The number of anilines is 2. The first-order valence-electron chi connectivity index (χ1n) is 11.4. The standard InChI is InChI=1S/C23H24N6O4S/c1-24-21(31)26-22-25-16-9-15-10-32-11-17(19(16)34-22)29(15)23-28-27-20(33-23)14-7-3-6-13(8-14)18(30)12-4-2-5-12/h3,6-8,12,15,17H,2,4-5,9-11H2,1H3,(H2,24,25,26,31). The number of amides is 2. The first-order chi connectivity index (χ1) is 16.6. The Morgan fingerprint density at radius 1 is 1.21 bits per heavy atom. The molecule has 2 amide bonds. The highest BCUT2D eigenvalue weighted by atomic mass is 32.1. The number of carbonyl (C=O) groups is 2. The van der Waals surface area contributed by atoms with Gasteiger partial charge in [0, 0.05) is 30.5 Å². The van der Waals surface area contributed by atoms with Gasteiger partial charge in [-0.25, -0.2) is 9.78 Å². The van der Waals surface area contributed by atoms with E-state index < -0.39 is 0 Å². The second kappa shape index (κ2) is 8.48. The van der Waals surface area contributed by atoms with Crippen LogP contribution in [0.15, 0.2) is 28.7 Å². The van der Waals surface area contributed by atoms with Crippen LogP contribution in [0.4, 0.5) is 15.9 Å². The third-order valence-electron chi connectivity index (χ3n) is 6.73. The minimum absolute atomic E-state index is 0.000954. The van der Waals surface area contributed by atoms with Crippen molar-refractivity contribution in [2.24, 2.45) is 5.92 Å². The summed E-state index contributed by atoms with van der Waals surface area (Å²) in [5, 5.41) is 14.5. The van der Waals surface area contributed by atoms with E-state index in [1.165, 1.54) is 11.3 Å². The number of ether oxygens (including phenoxy) is 1. The molecule has 1 aliphatic carbocycles. The van der Waals surface area contributed by atoms with Gasteiger partial charge in [0.15, 0.2) is 10.9 Å². The van der Waals surface area contributed by atoms with E-state index in [2.05, 4.69) is 30.7 Å². The Labute approximate surface area is 199 Å². The Morgan fingerprint density at radius 2 is 2.09 bits per heavy atom. The number of ketones is 1. The third-order valence-corrected chi connectivity index (χ3v) is 7.84. The molecule has 0 spiro atoms. The van der Waals surface area contributed by atoms with Crippen LogP contribution in [0.2, 0.25) is 0 Å². The normalized spacial score (nSPS) is 21.5. The van der Waals surface area contributed by atoms with E-state index in [0.29, 0.717) is 42.2 Å². The third kappa shape index (κ3) is 3.64. The number of thiazole rings is 1. The minimum Gasteiger partial charge on any atom is -0.403 e. The summed E-state index contributed by atoms with van der Waals surface area (Å²) in [7, 11) is 1.57. The Bertz CT molecular complexity index is 1250. The van der Waals surface area contributed by atoms with Crippen molar-refractivity contribution in [3.8, 4) is 11.5 Å². The number of morpholine rings is 1. The van der Waals surface area contributed by atoms with Crippen LogP contribution in [0.5, 0.6) is 0 Å². The Morgan fingerprint density at radius 3 is 2.88 bits per heavy atom. The van der Waals surface area contributed by atoms with Crippen LogP contribution >= 0.6 is 11.3 Å². The highest BCUT2D eigenvalue weighted by Crippen LogP contribution is 2.43. The molecule has 2 N–H and O–H groups in total. The highest BCUT2D eigenvalue weighted by molar-refractivity contribution is 7.16. The van der Waals surface area contributed by atoms with E-state index in [-0.39, 0.29) is 29.8 Å². The average molecular weight is 481 g/mol. The van der Waals surface area contributed by atoms with E-state index in [1.54, 1.807) is 7.05 Å². The number of rotatable bonds is 5. The number of urea groups is 1. The van der Waals surface area contributed by atoms with Crippen molar-refractivity contribution in [2.75, 3.05) is 30.5 Å². The molecule has 34 heavy (non-hydrogen) atoms. The van der Waals surface area contributed by atoms with Crippen molar-refractivity contribution in [3.05, 3.63) is 40.4 Å². The molecule has 176 valence electrons. The van der Waals surface area contributed by atoms with Crippen LogP contribution < -0.4 is 15.5 Å². The van der Waals surface area contributed by atoms with Gasteiger partial charge in [-0.1, -0.05) is 35.0 Å². The second-order valence-corrected chi connectivity index (χ2v) is 9.85. The summed E-state index contributed by atoms with van der Waals surface area (Å²) in [6.07, 6.45) is 3.71. The Hall–Kier alpha value is -3.31. The molecule has 2 bridgehead atoms. The van der Waals surface area contributed by atoms with E-state index >= 15 is 0 Å². The van der Waals surface area contributed by atoms with Gasteiger partial charge in [0.1, 0.15) is 0 Å². The lowest BCUT2D eigenvalue weighted by atomic mass is 9.80. The number of hydrogen-bond donors (Lipinski definition) is 2. The Kier molecular flexibility index (Phi) is 5.30. The molecule has 3 aromatic rings. The lowest BCUT2D eigenvalue weighted by molar-refractivity contribution is 0.0578. The molecule has 1 saturated heterocycles. The van der Waals surface area contributed by atoms with Crippen LogP contribution in [-0.2, 0) is 11.2 Å². The van der Waals surface area contributed by atoms with Gasteiger partial charge in [-0.3, -0.25) is 10.1 Å². The van der Waals surface area contributed by atoms with E-state index in [4.69, 9.17) is 9.15 Å². The molecule has 10 nitrogen and oxygen atoms in total. The molecule has 1 aromatic carbocycles. The summed E-state index contributed by atoms with van der Waals surface area (Å²) in [4.78, 5) is 32.1. The SMILES string of the molecule is CNC(=O)Nc1nc2c(s1)C1COCC(C2)N1c1nnc(-c2cccc(C(=O)C3CCC3)c2)o1. The number of nitrogens with one attached hydrogen (secondary N) is 2. The number of aromatic nitrogens is 3. The summed E-state index contributed by atoms with van der Waals surface area (Å²) in [5.41, 5.74) is 2.39. The molecule has 11 heteroatoms. The first kappa shape index (κ1) is 21.2. The summed E-state index contributed by atoms with van der Waals surface area (Å²) < 4.78 is 12.0. The fourth-order valence-corrected chi connectivity index (χ4v) is 5.81. The maximum absolute atomic E-state index is 12.7. The van der Waals surface area contributed by atoms with Crippen molar-refractivity contribution in [2.45, 2.75) is 37.8 Å². The maximum Gasteiger partial charge on any atom is 0.320 e. The second-order valence-electron chi connectivity index (χ2n) is 8.82. The fraction of sp³-hybridized carbons (Fsp3) is 0.435. The number of hydrogen-bond acceptors (Lipinski definition) is 9. The van der Waals surface area contributed by atoms with E-state index in [1.807, 2.05) is 24.3 Å². The van der Waals surface area contributed by atoms with Crippen molar-refractivity contribution in [3.63, 3.8) is 0 Å². The van der Waals surface area contributed by atoms with E-state index in [0.717, 1.165) is 35.4 Å². The molecule has 2 aliphatic heterocycles. The lowest BCUT2D eigenvalue weighted by Crippen LogP contribution is -2.51. The smallest absolute Gasteiger partial charge is 0.320 e. The summed E-state index contributed by atoms with van der Waals surface area (Å²) in [5.74, 6) is 0.710. The molecule has 2 atom stereocenters. The van der Waals surface area contributed by atoms with Gasteiger partial charge >= 0.3 is 12.0 Å². The molecule has 2 aromatic heterocycles. The van der Waals surface area contributed by atoms with Gasteiger partial charge in [-0.2, -0.15) is 0 Å². The number of fused-ring (bicyclic) bond motifs is 4. The highest BCUT2D eigenvalue weighted by Gasteiger charge is 2.43. The van der Waals surface area contributed by atoms with Crippen molar-refractivity contribution >= 4 is 34.3 Å². The minimum atomic E-state index is -0.304. The van der Waals surface area contributed by atoms with Crippen LogP contribution in [0.25, 0.3) is 11.5 Å². The van der Waals surface area contributed by atoms with Crippen LogP contribution in [-0.4, -0.2) is 53.3 Å². The van der Waals surface area contributed by atoms with Gasteiger partial charge in [-0.05, 0) is 25.0 Å². The molecule has 1 saturated carbocycles. The molecular weight excluding hydrogens is 456 g/mol. The van der Waals surface area contributed by atoms with Gasteiger partial charge in [0.25, 0.3) is 0 Å². The maximum atomic E-state index is 12.7. The molecular formula is C23H24N6O4S. The first-order valence-corrected chi connectivity index (χ1v) is 12.2. The topological polar surface area (TPSA) is 122 Å². The molecule has 2 fully saturated rings. The summed E-state index contributed by atoms with van der Waals surface area (Å²) in [6, 6.07) is 7.43. The zero-order valence-electron chi connectivity index (χ0n) is 18.6. The Balaban J connectivity index is 1.27. The lowest BCUT2D eigenvalue weighted by Gasteiger charge is -2.43. The van der Waals surface area contributed by atoms with Gasteiger partial charge in [-0.15, -0.1) is 5.10 Å². The fourth-order valence-electron chi connectivity index (χ4n) is 4.73. The molecule has 3 aliphatic rings. The largest absolute Gasteiger partial charge is 0.403 e.